The third-order valence-electron chi connectivity index (χ3n) is 9.17. The molecule has 0 radical (unpaired) electrons. The van der Waals surface area contributed by atoms with Crippen molar-refractivity contribution in [3.05, 3.63) is 0 Å². The van der Waals surface area contributed by atoms with Crippen LogP contribution < -0.4 is 0 Å². The number of rotatable bonds is 2. The third kappa shape index (κ3) is 2.52. The summed E-state index contributed by atoms with van der Waals surface area (Å²) in [6.07, 6.45) is 14.0. The molecule has 0 saturated heterocycles. The van der Waals surface area contributed by atoms with Gasteiger partial charge in [0.15, 0.2) is 0 Å². The van der Waals surface area contributed by atoms with Crippen LogP contribution in [0.4, 0.5) is 0 Å². The fourth-order valence-corrected chi connectivity index (χ4v) is 8.05. The quantitative estimate of drug-likeness (QED) is 0.696. The number of hydrogen-bond acceptors (Lipinski definition) is 1. The molecule has 4 aliphatic carbocycles. The van der Waals surface area contributed by atoms with Gasteiger partial charge in [-0.2, -0.15) is 0 Å². The zero-order valence-corrected chi connectivity index (χ0v) is 15.6. The standard InChI is InChI=1S/C22H38O/c1-4-21(23)20-10-9-19-18-8-6-15-13-14(2)5-7-16(15)17(18)11-12-22(19,20)3/h14-21,23H,4-13H2,1-3H3/t14-,15+,16-,17?,18+,19?,20+,21?,22-/m0/s1. The van der Waals surface area contributed by atoms with Gasteiger partial charge in [0.1, 0.15) is 0 Å². The topological polar surface area (TPSA) is 20.2 Å². The number of hydrogen-bond donors (Lipinski definition) is 1. The lowest BCUT2D eigenvalue weighted by molar-refractivity contribution is -0.0837. The molecule has 0 aliphatic heterocycles. The lowest BCUT2D eigenvalue weighted by atomic mass is 9.49. The largest absolute Gasteiger partial charge is 0.393 e. The molecule has 1 heteroatoms. The summed E-state index contributed by atoms with van der Waals surface area (Å²) < 4.78 is 0. The first kappa shape index (κ1) is 16.4. The van der Waals surface area contributed by atoms with Crippen molar-refractivity contribution >= 4 is 0 Å². The maximum Gasteiger partial charge on any atom is 0.0571 e. The van der Waals surface area contributed by atoms with E-state index in [1.165, 1.54) is 57.8 Å². The molecule has 3 unspecified atom stereocenters. The lowest BCUT2D eigenvalue weighted by Crippen LogP contribution is -2.49. The third-order valence-corrected chi connectivity index (χ3v) is 9.17. The lowest BCUT2D eigenvalue weighted by Gasteiger charge is -2.56. The first-order valence-corrected chi connectivity index (χ1v) is 10.7. The van der Waals surface area contributed by atoms with Crippen LogP contribution >= 0.6 is 0 Å². The van der Waals surface area contributed by atoms with Gasteiger partial charge in [-0.1, -0.05) is 27.2 Å². The van der Waals surface area contributed by atoms with E-state index in [4.69, 9.17) is 0 Å². The second kappa shape index (κ2) is 6.04. The van der Waals surface area contributed by atoms with Gasteiger partial charge < -0.3 is 5.11 Å². The molecule has 1 N–H and O–H groups in total. The average Bonchev–Trinajstić information content (AvgIpc) is 2.90. The summed E-state index contributed by atoms with van der Waals surface area (Å²) in [7, 11) is 0. The van der Waals surface area contributed by atoms with Gasteiger partial charge in [-0.25, -0.2) is 0 Å². The van der Waals surface area contributed by atoms with Crippen LogP contribution in [0.1, 0.15) is 85.0 Å². The van der Waals surface area contributed by atoms with Crippen LogP contribution in [-0.2, 0) is 0 Å². The molecule has 0 aromatic rings. The Labute approximate surface area is 143 Å². The Morgan fingerprint density at radius 2 is 1.74 bits per heavy atom. The zero-order chi connectivity index (χ0) is 16.2. The molecule has 0 spiro atoms. The van der Waals surface area contributed by atoms with E-state index < -0.39 is 0 Å². The van der Waals surface area contributed by atoms with Crippen LogP contribution in [0.2, 0.25) is 0 Å². The Bertz CT molecular complexity index is 432. The average molecular weight is 319 g/mol. The molecule has 23 heavy (non-hydrogen) atoms. The summed E-state index contributed by atoms with van der Waals surface area (Å²) in [5.41, 5.74) is 0.450. The number of aliphatic hydroxyl groups excluding tert-OH is 1. The van der Waals surface area contributed by atoms with Gasteiger partial charge in [-0.15, -0.1) is 0 Å². The second-order valence-corrected chi connectivity index (χ2v) is 10.1. The van der Waals surface area contributed by atoms with Crippen molar-refractivity contribution in [1.82, 2.24) is 0 Å². The molecule has 4 saturated carbocycles. The van der Waals surface area contributed by atoms with Crippen molar-refractivity contribution in [3.63, 3.8) is 0 Å². The normalized spacial score (nSPS) is 54.0. The minimum atomic E-state index is -0.0478. The minimum Gasteiger partial charge on any atom is -0.393 e. The van der Waals surface area contributed by atoms with Crippen LogP contribution in [0.3, 0.4) is 0 Å². The van der Waals surface area contributed by atoms with Crippen LogP contribution in [0.15, 0.2) is 0 Å². The number of aliphatic hydroxyl groups is 1. The van der Waals surface area contributed by atoms with E-state index in [2.05, 4.69) is 20.8 Å². The van der Waals surface area contributed by atoms with Crippen LogP contribution in [0.5, 0.6) is 0 Å². The van der Waals surface area contributed by atoms with Crippen molar-refractivity contribution in [2.24, 2.45) is 46.8 Å². The first-order valence-electron chi connectivity index (χ1n) is 10.7. The summed E-state index contributed by atoms with van der Waals surface area (Å²) in [6.45, 7) is 7.20. The van der Waals surface area contributed by atoms with Crippen molar-refractivity contribution in [2.45, 2.75) is 91.1 Å². The molecule has 4 aliphatic rings. The van der Waals surface area contributed by atoms with Crippen molar-refractivity contribution in [3.8, 4) is 0 Å². The van der Waals surface area contributed by atoms with E-state index in [1.807, 2.05) is 0 Å². The highest BCUT2D eigenvalue weighted by molar-refractivity contribution is 5.07. The summed E-state index contributed by atoms with van der Waals surface area (Å²) in [4.78, 5) is 0. The van der Waals surface area contributed by atoms with Gasteiger partial charge in [0.05, 0.1) is 6.10 Å². The molecule has 0 heterocycles. The molecule has 9 atom stereocenters. The predicted molar refractivity (Wildman–Crippen MR) is 96.1 cm³/mol. The Morgan fingerprint density at radius 3 is 2.52 bits per heavy atom. The summed E-state index contributed by atoms with van der Waals surface area (Å²) >= 11 is 0. The van der Waals surface area contributed by atoms with E-state index in [1.54, 1.807) is 0 Å². The fourth-order valence-electron chi connectivity index (χ4n) is 8.05. The van der Waals surface area contributed by atoms with Gasteiger partial charge in [-0.05, 0) is 105 Å². The molecule has 4 rings (SSSR count). The van der Waals surface area contributed by atoms with Crippen LogP contribution in [0.25, 0.3) is 0 Å². The Morgan fingerprint density at radius 1 is 0.957 bits per heavy atom. The Hall–Kier alpha value is -0.0400. The van der Waals surface area contributed by atoms with E-state index >= 15 is 0 Å². The van der Waals surface area contributed by atoms with E-state index in [0.717, 1.165) is 41.9 Å². The smallest absolute Gasteiger partial charge is 0.0571 e. The molecule has 0 bridgehead atoms. The van der Waals surface area contributed by atoms with Gasteiger partial charge in [0, 0.05) is 0 Å². The minimum absolute atomic E-state index is 0.0478. The summed E-state index contributed by atoms with van der Waals surface area (Å²) in [6, 6.07) is 0. The highest BCUT2D eigenvalue weighted by Gasteiger charge is 2.57. The molecular weight excluding hydrogens is 280 g/mol. The predicted octanol–water partition coefficient (Wildman–Crippen LogP) is 5.66. The highest BCUT2D eigenvalue weighted by atomic mass is 16.3. The van der Waals surface area contributed by atoms with Gasteiger partial charge in [0.2, 0.25) is 0 Å². The highest BCUT2D eigenvalue weighted by Crippen LogP contribution is 2.65. The molecule has 0 aromatic heterocycles. The monoisotopic (exact) mass is 318 g/mol. The van der Waals surface area contributed by atoms with Gasteiger partial charge in [0.25, 0.3) is 0 Å². The number of fused-ring (bicyclic) bond motifs is 5. The van der Waals surface area contributed by atoms with E-state index in [0.29, 0.717) is 11.3 Å². The molecule has 1 nitrogen and oxygen atoms in total. The molecular formula is C22H38O. The van der Waals surface area contributed by atoms with E-state index in [9.17, 15) is 5.11 Å². The Kier molecular flexibility index (Phi) is 4.32. The molecule has 132 valence electrons. The van der Waals surface area contributed by atoms with Gasteiger partial charge >= 0.3 is 0 Å². The zero-order valence-electron chi connectivity index (χ0n) is 15.6. The fraction of sp³-hybridized carbons (Fsp3) is 1.00. The van der Waals surface area contributed by atoms with Crippen molar-refractivity contribution < 1.29 is 5.11 Å². The van der Waals surface area contributed by atoms with Crippen molar-refractivity contribution in [1.29, 1.82) is 0 Å². The Balaban J connectivity index is 1.54. The maximum absolute atomic E-state index is 10.6. The summed E-state index contributed by atoms with van der Waals surface area (Å²) in [5, 5.41) is 10.6. The SMILES string of the molecule is CCC(O)[C@H]1CCC2[C@@H]3CC[C@@H]4C[C@@H](C)CC[C@@H]4C3CC[C@@]21C. The molecule has 0 aromatic carbocycles. The molecule has 0 amide bonds. The summed E-state index contributed by atoms with van der Waals surface area (Å²) in [5.74, 6) is 6.65. The van der Waals surface area contributed by atoms with Crippen LogP contribution in [0, 0.1) is 46.8 Å². The van der Waals surface area contributed by atoms with Gasteiger partial charge in [-0.3, -0.25) is 0 Å². The van der Waals surface area contributed by atoms with E-state index in [-0.39, 0.29) is 6.10 Å². The second-order valence-electron chi connectivity index (χ2n) is 10.1. The molecule has 4 fully saturated rings. The first-order chi connectivity index (χ1) is 11.0. The van der Waals surface area contributed by atoms with Crippen molar-refractivity contribution in [2.75, 3.05) is 0 Å². The van der Waals surface area contributed by atoms with Crippen LogP contribution in [-0.4, -0.2) is 11.2 Å². The maximum atomic E-state index is 10.6.